The van der Waals surface area contributed by atoms with Crippen LogP contribution >= 0.6 is 15.9 Å². The van der Waals surface area contributed by atoms with Gasteiger partial charge in [-0.1, -0.05) is 13.8 Å². The quantitative estimate of drug-likeness (QED) is 0.872. The van der Waals surface area contributed by atoms with E-state index in [0.29, 0.717) is 11.0 Å². The van der Waals surface area contributed by atoms with Gasteiger partial charge in [-0.2, -0.15) is 0 Å². The summed E-state index contributed by atoms with van der Waals surface area (Å²) in [6, 6.07) is 1.76. The number of hydrogen-bond acceptors (Lipinski definition) is 2. The van der Waals surface area contributed by atoms with Crippen LogP contribution in [-0.4, -0.2) is 15.3 Å². The lowest BCUT2D eigenvalue weighted by molar-refractivity contribution is -0.122. The summed E-state index contributed by atoms with van der Waals surface area (Å²) in [6.45, 7) is 3.84. The minimum Gasteiger partial charge on any atom is -0.336 e. The monoisotopic (exact) mass is 298 g/mol. The topological polar surface area (TPSA) is 34.9 Å². The Hall–Kier alpha value is -1.23. The van der Waals surface area contributed by atoms with Gasteiger partial charge in [-0.25, -0.2) is 4.39 Å². The number of hydrogen-bond donors (Lipinski definition) is 0. The highest BCUT2D eigenvalue weighted by molar-refractivity contribution is 9.10. The van der Waals surface area contributed by atoms with E-state index >= 15 is 0 Å². The van der Waals surface area contributed by atoms with Crippen LogP contribution in [0.4, 0.5) is 4.39 Å². The standard InChI is InChI=1S/C12H12BrFN2O/c1-7(2)11(17)6-16-5-9(14)12-10(16)3-8(13)4-15-12/h3-5,7H,6H2,1-2H3. The number of carbonyl (C=O) groups excluding carboxylic acids is 1. The molecule has 2 heterocycles. The molecule has 0 N–H and O–H groups in total. The van der Waals surface area contributed by atoms with E-state index in [0.717, 1.165) is 4.47 Å². The summed E-state index contributed by atoms with van der Waals surface area (Å²) in [5, 5.41) is 0. The summed E-state index contributed by atoms with van der Waals surface area (Å²) >= 11 is 3.29. The first kappa shape index (κ1) is 12.2. The van der Waals surface area contributed by atoms with Gasteiger partial charge in [0.15, 0.2) is 11.6 Å². The van der Waals surface area contributed by atoms with Gasteiger partial charge in [-0.05, 0) is 22.0 Å². The lowest BCUT2D eigenvalue weighted by atomic mass is 10.1. The molecule has 0 aliphatic heterocycles. The van der Waals surface area contributed by atoms with Gasteiger partial charge in [0.25, 0.3) is 0 Å². The molecular formula is C12H12BrFN2O. The molecule has 0 aliphatic rings. The summed E-state index contributed by atoms with van der Waals surface area (Å²) in [4.78, 5) is 15.7. The third-order valence-corrected chi connectivity index (χ3v) is 3.04. The van der Waals surface area contributed by atoms with Crippen molar-refractivity contribution in [3.8, 4) is 0 Å². The van der Waals surface area contributed by atoms with Gasteiger partial charge in [0.2, 0.25) is 0 Å². The van der Waals surface area contributed by atoms with Gasteiger partial charge < -0.3 is 4.57 Å². The fraction of sp³-hybridized carbons (Fsp3) is 0.333. The predicted octanol–water partition coefficient (Wildman–Crippen LogP) is 3.16. The molecule has 17 heavy (non-hydrogen) atoms. The van der Waals surface area contributed by atoms with Crippen LogP contribution in [0.2, 0.25) is 0 Å². The van der Waals surface area contributed by atoms with Crippen molar-refractivity contribution in [2.24, 2.45) is 5.92 Å². The highest BCUT2D eigenvalue weighted by atomic mass is 79.9. The van der Waals surface area contributed by atoms with Gasteiger partial charge in [-0.3, -0.25) is 9.78 Å². The van der Waals surface area contributed by atoms with Crippen LogP contribution in [0.5, 0.6) is 0 Å². The van der Waals surface area contributed by atoms with E-state index in [9.17, 15) is 9.18 Å². The first-order valence-corrected chi connectivity index (χ1v) is 6.11. The average molecular weight is 299 g/mol. The zero-order chi connectivity index (χ0) is 12.6. The SMILES string of the molecule is CC(C)C(=O)Cn1cc(F)c2ncc(Br)cc21. The third kappa shape index (κ3) is 2.39. The second-order valence-corrected chi connectivity index (χ2v) is 5.16. The summed E-state index contributed by atoms with van der Waals surface area (Å²) in [5.74, 6) is -0.387. The van der Waals surface area contributed by atoms with E-state index in [-0.39, 0.29) is 18.2 Å². The molecule has 0 spiro atoms. The number of ketones is 1. The van der Waals surface area contributed by atoms with E-state index < -0.39 is 5.82 Å². The molecule has 0 aromatic carbocycles. The molecule has 90 valence electrons. The summed E-state index contributed by atoms with van der Waals surface area (Å²) in [6.07, 6.45) is 2.87. The molecule has 0 aliphatic carbocycles. The predicted molar refractivity (Wildman–Crippen MR) is 67.2 cm³/mol. The number of rotatable bonds is 3. The number of nitrogens with zero attached hydrogens (tertiary/aromatic N) is 2. The van der Waals surface area contributed by atoms with Gasteiger partial charge in [0.05, 0.1) is 12.1 Å². The van der Waals surface area contributed by atoms with Crippen LogP contribution < -0.4 is 0 Å². The summed E-state index contributed by atoms with van der Waals surface area (Å²) in [7, 11) is 0. The number of halogens is 2. The number of pyridine rings is 1. The van der Waals surface area contributed by atoms with Crippen molar-refractivity contribution in [2.45, 2.75) is 20.4 Å². The minimum atomic E-state index is -0.399. The fourth-order valence-corrected chi connectivity index (χ4v) is 1.90. The molecule has 0 radical (unpaired) electrons. The van der Waals surface area contributed by atoms with Crippen LogP contribution in [0.25, 0.3) is 11.0 Å². The number of Topliss-reactive ketones (excluding diaryl/α,β-unsaturated/α-hetero) is 1. The molecule has 0 fully saturated rings. The van der Waals surface area contributed by atoms with Crippen LogP contribution in [0, 0.1) is 11.7 Å². The van der Waals surface area contributed by atoms with Crippen molar-refractivity contribution in [3.05, 3.63) is 28.7 Å². The minimum absolute atomic E-state index is 0.0596. The second kappa shape index (κ2) is 4.56. The Kier molecular flexibility index (Phi) is 3.28. The number of fused-ring (bicyclic) bond motifs is 1. The average Bonchev–Trinajstić information content (AvgIpc) is 2.55. The van der Waals surface area contributed by atoms with Gasteiger partial charge >= 0.3 is 0 Å². The second-order valence-electron chi connectivity index (χ2n) is 4.25. The highest BCUT2D eigenvalue weighted by Gasteiger charge is 2.14. The fourth-order valence-electron chi connectivity index (χ4n) is 1.58. The zero-order valence-electron chi connectivity index (χ0n) is 9.58. The molecule has 3 nitrogen and oxygen atoms in total. The van der Waals surface area contributed by atoms with Gasteiger partial charge in [-0.15, -0.1) is 0 Å². The largest absolute Gasteiger partial charge is 0.336 e. The Balaban J connectivity index is 2.47. The zero-order valence-corrected chi connectivity index (χ0v) is 11.2. The van der Waals surface area contributed by atoms with Crippen LogP contribution in [-0.2, 0) is 11.3 Å². The molecule has 0 unspecified atom stereocenters. The Labute approximate surface area is 107 Å². The van der Waals surface area contributed by atoms with E-state index in [1.54, 1.807) is 16.8 Å². The van der Waals surface area contributed by atoms with Crippen molar-refractivity contribution >= 4 is 32.7 Å². The highest BCUT2D eigenvalue weighted by Crippen LogP contribution is 2.21. The van der Waals surface area contributed by atoms with Crippen molar-refractivity contribution < 1.29 is 9.18 Å². The van der Waals surface area contributed by atoms with E-state index in [1.165, 1.54) is 6.20 Å². The molecular weight excluding hydrogens is 287 g/mol. The van der Waals surface area contributed by atoms with Crippen LogP contribution in [0.1, 0.15) is 13.8 Å². The Morgan fingerprint density at radius 3 is 2.94 bits per heavy atom. The maximum absolute atomic E-state index is 13.6. The maximum Gasteiger partial charge on any atom is 0.167 e. The summed E-state index contributed by atoms with van der Waals surface area (Å²) in [5.41, 5.74) is 0.927. The number of aromatic nitrogens is 2. The molecule has 0 bridgehead atoms. The maximum atomic E-state index is 13.6. The van der Waals surface area contributed by atoms with Gasteiger partial charge in [0, 0.05) is 22.8 Å². The molecule has 2 aromatic rings. The Morgan fingerprint density at radius 1 is 1.59 bits per heavy atom. The Morgan fingerprint density at radius 2 is 2.29 bits per heavy atom. The van der Waals surface area contributed by atoms with Crippen LogP contribution in [0.3, 0.4) is 0 Å². The first-order valence-electron chi connectivity index (χ1n) is 5.31. The molecule has 0 atom stereocenters. The van der Waals surface area contributed by atoms with Gasteiger partial charge in [0.1, 0.15) is 5.52 Å². The van der Waals surface area contributed by atoms with Crippen molar-refractivity contribution in [1.82, 2.24) is 9.55 Å². The Bertz CT molecular complexity index is 577. The summed E-state index contributed by atoms with van der Waals surface area (Å²) < 4.78 is 15.9. The lowest BCUT2D eigenvalue weighted by Crippen LogP contribution is -2.14. The normalized spacial score (nSPS) is 11.4. The van der Waals surface area contributed by atoms with Crippen LogP contribution in [0.15, 0.2) is 22.9 Å². The smallest absolute Gasteiger partial charge is 0.167 e. The molecule has 2 aromatic heterocycles. The molecule has 0 saturated carbocycles. The molecule has 0 amide bonds. The third-order valence-electron chi connectivity index (χ3n) is 2.61. The first-order chi connectivity index (χ1) is 7.99. The molecule has 2 rings (SSSR count). The molecule has 5 heteroatoms. The lowest BCUT2D eigenvalue weighted by Gasteiger charge is -2.06. The van der Waals surface area contributed by atoms with E-state index in [1.807, 2.05) is 13.8 Å². The van der Waals surface area contributed by atoms with E-state index in [2.05, 4.69) is 20.9 Å². The van der Waals surface area contributed by atoms with Crippen molar-refractivity contribution in [3.63, 3.8) is 0 Å². The van der Waals surface area contributed by atoms with Crippen molar-refractivity contribution in [1.29, 1.82) is 0 Å². The van der Waals surface area contributed by atoms with E-state index in [4.69, 9.17) is 0 Å². The van der Waals surface area contributed by atoms with Crippen molar-refractivity contribution in [2.75, 3.05) is 0 Å². The number of carbonyl (C=O) groups is 1. The molecule has 0 saturated heterocycles.